The molecule has 1 saturated heterocycles. The third-order valence-electron chi connectivity index (χ3n) is 4.76. The number of carbonyl (C=O) groups is 1. The number of ether oxygens (including phenoxy) is 2. The van der Waals surface area contributed by atoms with E-state index in [1.54, 1.807) is 30.3 Å². The van der Waals surface area contributed by atoms with Gasteiger partial charge in [-0.15, -0.1) is 0 Å². The predicted molar refractivity (Wildman–Crippen MR) is 102 cm³/mol. The SMILES string of the molecule is O=C(O)c1ccc(-c2ccc(Cl)c(CO[C@H]3O[C@H](CO)[C@@H](O)[C@H](O)[C@@H]3O)c2)cc1. The van der Waals surface area contributed by atoms with Crippen LogP contribution >= 0.6 is 11.6 Å². The molecule has 1 heterocycles. The highest BCUT2D eigenvalue weighted by Gasteiger charge is 2.44. The van der Waals surface area contributed by atoms with Gasteiger partial charge in [0.2, 0.25) is 0 Å². The third-order valence-corrected chi connectivity index (χ3v) is 5.13. The molecule has 0 radical (unpaired) electrons. The van der Waals surface area contributed by atoms with Gasteiger partial charge in [-0.05, 0) is 41.0 Å². The van der Waals surface area contributed by atoms with Crippen molar-refractivity contribution in [1.29, 1.82) is 0 Å². The van der Waals surface area contributed by atoms with E-state index < -0.39 is 43.3 Å². The topological polar surface area (TPSA) is 137 Å². The molecule has 0 unspecified atom stereocenters. The molecule has 156 valence electrons. The van der Waals surface area contributed by atoms with Crippen molar-refractivity contribution in [2.75, 3.05) is 6.61 Å². The fourth-order valence-corrected chi connectivity index (χ4v) is 3.22. The van der Waals surface area contributed by atoms with E-state index in [1.165, 1.54) is 12.1 Å². The fourth-order valence-electron chi connectivity index (χ4n) is 3.05. The molecule has 0 saturated carbocycles. The van der Waals surface area contributed by atoms with E-state index >= 15 is 0 Å². The zero-order chi connectivity index (χ0) is 21.1. The number of carboxylic acids is 1. The minimum absolute atomic E-state index is 0.0669. The molecule has 1 aliphatic heterocycles. The first-order chi connectivity index (χ1) is 13.8. The quantitative estimate of drug-likeness (QED) is 0.463. The Balaban J connectivity index is 1.74. The number of hydrogen-bond acceptors (Lipinski definition) is 7. The Hall–Kier alpha value is -2.04. The van der Waals surface area contributed by atoms with E-state index in [-0.39, 0.29) is 12.2 Å². The van der Waals surface area contributed by atoms with Crippen molar-refractivity contribution < 1.29 is 39.8 Å². The van der Waals surface area contributed by atoms with Gasteiger partial charge < -0.3 is 35.0 Å². The van der Waals surface area contributed by atoms with E-state index in [0.717, 1.165) is 11.1 Å². The molecule has 29 heavy (non-hydrogen) atoms. The second kappa shape index (κ2) is 9.19. The number of rotatable bonds is 6. The van der Waals surface area contributed by atoms with Crippen LogP contribution in [0.15, 0.2) is 42.5 Å². The largest absolute Gasteiger partial charge is 0.478 e. The van der Waals surface area contributed by atoms with E-state index in [9.17, 15) is 25.2 Å². The average Bonchev–Trinajstić information content (AvgIpc) is 2.72. The normalized spacial score (nSPS) is 27.0. The van der Waals surface area contributed by atoms with Crippen LogP contribution < -0.4 is 0 Å². The summed E-state index contributed by atoms with van der Waals surface area (Å²) >= 11 is 6.22. The first-order valence-corrected chi connectivity index (χ1v) is 9.24. The van der Waals surface area contributed by atoms with Gasteiger partial charge in [-0.3, -0.25) is 0 Å². The molecule has 5 atom stereocenters. The van der Waals surface area contributed by atoms with Crippen LogP contribution in [0.5, 0.6) is 0 Å². The van der Waals surface area contributed by atoms with Crippen LogP contribution in [0.1, 0.15) is 15.9 Å². The van der Waals surface area contributed by atoms with Crippen molar-refractivity contribution in [2.24, 2.45) is 0 Å². The van der Waals surface area contributed by atoms with Crippen LogP contribution in [0.25, 0.3) is 11.1 Å². The summed E-state index contributed by atoms with van der Waals surface area (Å²) in [5.41, 5.74) is 2.30. The number of aromatic carboxylic acids is 1. The zero-order valence-corrected chi connectivity index (χ0v) is 15.9. The summed E-state index contributed by atoms with van der Waals surface area (Å²) in [6, 6.07) is 11.5. The Morgan fingerprint density at radius 2 is 1.66 bits per heavy atom. The Labute approximate surface area is 171 Å². The Morgan fingerprint density at radius 1 is 1.00 bits per heavy atom. The second-order valence-electron chi connectivity index (χ2n) is 6.70. The minimum atomic E-state index is -1.53. The fraction of sp³-hybridized carbons (Fsp3) is 0.350. The maximum Gasteiger partial charge on any atom is 0.335 e. The number of hydrogen-bond donors (Lipinski definition) is 5. The number of carboxylic acid groups (broad SMARTS) is 1. The lowest BCUT2D eigenvalue weighted by Gasteiger charge is -2.39. The molecule has 0 spiro atoms. The highest BCUT2D eigenvalue weighted by molar-refractivity contribution is 6.31. The van der Waals surface area contributed by atoms with Crippen molar-refractivity contribution >= 4 is 17.6 Å². The highest BCUT2D eigenvalue weighted by Crippen LogP contribution is 2.28. The first kappa shape index (κ1) is 21.7. The first-order valence-electron chi connectivity index (χ1n) is 8.86. The molecule has 9 heteroatoms. The van der Waals surface area contributed by atoms with Gasteiger partial charge >= 0.3 is 5.97 Å². The molecule has 3 rings (SSSR count). The predicted octanol–water partition coefficient (Wildman–Crippen LogP) is 1.02. The van der Waals surface area contributed by atoms with Gasteiger partial charge in [0.05, 0.1) is 18.8 Å². The maximum absolute atomic E-state index is 11.0. The molecule has 2 aromatic rings. The third kappa shape index (κ3) is 4.76. The number of benzene rings is 2. The number of halogens is 1. The summed E-state index contributed by atoms with van der Waals surface area (Å²) in [6.45, 7) is -0.615. The summed E-state index contributed by atoms with van der Waals surface area (Å²) in [6.07, 6.45) is -6.82. The average molecular weight is 425 g/mol. The molecule has 0 amide bonds. The van der Waals surface area contributed by atoms with Crippen molar-refractivity contribution in [3.63, 3.8) is 0 Å². The van der Waals surface area contributed by atoms with Gasteiger partial charge in [0.1, 0.15) is 24.4 Å². The van der Waals surface area contributed by atoms with Gasteiger partial charge in [0, 0.05) is 5.02 Å². The van der Waals surface area contributed by atoms with Crippen LogP contribution in [0, 0.1) is 0 Å². The second-order valence-corrected chi connectivity index (χ2v) is 7.10. The van der Waals surface area contributed by atoms with E-state index in [1.807, 2.05) is 0 Å². The van der Waals surface area contributed by atoms with Crippen molar-refractivity contribution in [3.05, 3.63) is 58.6 Å². The summed E-state index contributed by atoms with van der Waals surface area (Å²) in [7, 11) is 0. The van der Waals surface area contributed by atoms with Gasteiger partial charge in [0.15, 0.2) is 6.29 Å². The van der Waals surface area contributed by atoms with Crippen LogP contribution in [-0.2, 0) is 16.1 Å². The van der Waals surface area contributed by atoms with Crippen LogP contribution in [0.3, 0.4) is 0 Å². The highest BCUT2D eigenvalue weighted by atomic mass is 35.5. The van der Waals surface area contributed by atoms with Gasteiger partial charge in [0.25, 0.3) is 0 Å². The molecule has 1 fully saturated rings. The van der Waals surface area contributed by atoms with Gasteiger partial charge in [-0.2, -0.15) is 0 Å². The van der Waals surface area contributed by atoms with Crippen molar-refractivity contribution in [2.45, 2.75) is 37.3 Å². The van der Waals surface area contributed by atoms with Crippen LogP contribution in [0.4, 0.5) is 0 Å². The van der Waals surface area contributed by atoms with E-state index in [2.05, 4.69) is 0 Å². The summed E-state index contributed by atoms with van der Waals surface area (Å²) < 4.78 is 10.8. The lowest BCUT2D eigenvalue weighted by molar-refractivity contribution is -0.304. The van der Waals surface area contributed by atoms with E-state index in [0.29, 0.717) is 10.6 Å². The van der Waals surface area contributed by atoms with Crippen LogP contribution in [-0.4, -0.2) is 68.8 Å². The lowest BCUT2D eigenvalue weighted by Crippen LogP contribution is -2.59. The minimum Gasteiger partial charge on any atom is -0.478 e. The Morgan fingerprint density at radius 3 is 2.28 bits per heavy atom. The molecule has 1 aliphatic rings. The molecule has 0 aliphatic carbocycles. The smallest absolute Gasteiger partial charge is 0.335 e. The molecule has 5 N–H and O–H groups in total. The molecular formula is C20H21ClO8. The molecule has 8 nitrogen and oxygen atoms in total. The summed E-state index contributed by atoms with van der Waals surface area (Å²) in [4.78, 5) is 11.0. The summed E-state index contributed by atoms with van der Waals surface area (Å²) in [5, 5.41) is 48.3. The van der Waals surface area contributed by atoms with Crippen molar-refractivity contribution in [3.8, 4) is 11.1 Å². The zero-order valence-electron chi connectivity index (χ0n) is 15.2. The van der Waals surface area contributed by atoms with Gasteiger partial charge in [-0.1, -0.05) is 29.8 Å². The maximum atomic E-state index is 11.0. The molecular weight excluding hydrogens is 404 g/mol. The van der Waals surface area contributed by atoms with E-state index in [4.69, 9.17) is 26.2 Å². The van der Waals surface area contributed by atoms with Crippen LogP contribution in [0.2, 0.25) is 5.02 Å². The Bertz CT molecular complexity index is 854. The van der Waals surface area contributed by atoms with Gasteiger partial charge in [-0.25, -0.2) is 4.79 Å². The van der Waals surface area contributed by atoms with Crippen molar-refractivity contribution in [1.82, 2.24) is 0 Å². The lowest BCUT2D eigenvalue weighted by atomic mass is 9.99. The molecule has 0 aromatic heterocycles. The number of aliphatic hydroxyl groups is 4. The molecule has 2 aromatic carbocycles. The molecule has 0 bridgehead atoms. The standard InChI is InChI=1S/C20H21ClO8/c21-14-6-5-12(10-1-3-11(4-2-10)19(26)27)7-13(14)9-28-20-18(25)17(24)16(23)15(8-22)29-20/h1-7,15-18,20,22-25H,8-9H2,(H,26,27)/t15-,16-,17+,18+,20+/m1/s1. The summed E-state index contributed by atoms with van der Waals surface area (Å²) in [5.74, 6) is -1.01. The number of aliphatic hydroxyl groups excluding tert-OH is 4. The monoisotopic (exact) mass is 424 g/mol. The Kier molecular flexibility index (Phi) is 6.86.